The Morgan fingerprint density at radius 3 is 3.00 bits per heavy atom. The predicted octanol–water partition coefficient (Wildman–Crippen LogP) is 1.84. The Labute approximate surface area is 103 Å². The Bertz CT molecular complexity index is 347. The van der Waals surface area contributed by atoms with Gasteiger partial charge >= 0.3 is 0 Å². The second kappa shape index (κ2) is 4.87. The van der Waals surface area contributed by atoms with Gasteiger partial charge < -0.3 is 19.6 Å². The first-order chi connectivity index (χ1) is 7.59. The van der Waals surface area contributed by atoms with Gasteiger partial charge in [0.2, 0.25) is 0 Å². The monoisotopic (exact) mass is 289 g/mol. The van der Waals surface area contributed by atoms with Crippen molar-refractivity contribution >= 4 is 15.9 Å². The maximum Gasteiger partial charge on any atom is 0.169 e. The van der Waals surface area contributed by atoms with Crippen LogP contribution in [0.1, 0.15) is 25.1 Å². The molecule has 0 aliphatic carbocycles. The maximum absolute atomic E-state index is 10.1. The first-order valence-corrected chi connectivity index (χ1v) is 6.17. The van der Waals surface area contributed by atoms with Gasteiger partial charge in [0.05, 0.1) is 12.6 Å². The fraction of sp³-hybridized carbons (Fsp3) is 0.636. The molecule has 0 spiro atoms. The second-order valence-corrected chi connectivity index (χ2v) is 5.05. The van der Waals surface area contributed by atoms with Gasteiger partial charge in [-0.15, -0.1) is 0 Å². The molecule has 1 saturated heterocycles. The number of hydrogen-bond donors (Lipinski definition) is 2. The van der Waals surface area contributed by atoms with Crippen molar-refractivity contribution in [2.75, 3.05) is 19.8 Å². The van der Waals surface area contributed by atoms with Gasteiger partial charge in [-0.25, -0.2) is 0 Å². The van der Waals surface area contributed by atoms with Crippen LogP contribution in [0.15, 0.2) is 21.2 Å². The van der Waals surface area contributed by atoms with Crippen LogP contribution in [0.4, 0.5) is 0 Å². The van der Waals surface area contributed by atoms with E-state index in [4.69, 9.17) is 9.15 Å². The van der Waals surface area contributed by atoms with Crippen LogP contribution in [-0.4, -0.2) is 30.5 Å². The first kappa shape index (κ1) is 12.1. The van der Waals surface area contributed by atoms with Gasteiger partial charge in [0, 0.05) is 19.6 Å². The molecule has 2 heterocycles. The molecule has 0 saturated carbocycles. The predicted molar refractivity (Wildman–Crippen MR) is 63.2 cm³/mol. The summed E-state index contributed by atoms with van der Waals surface area (Å²) >= 11 is 3.26. The number of nitrogens with one attached hydrogen (secondary N) is 1. The average Bonchev–Trinajstić information content (AvgIpc) is 2.85. The molecule has 0 aromatic carbocycles. The van der Waals surface area contributed by atoms with Crippen molar-refractivity contribution < 1.29 is 14.3 Å². The highest BCUT2D eigenvalue weighted by atomic mass is 79.9. The largest absolute Gasteiger partial charge is 0.453 e. The molecule has 1 aromatic heterocycles. The van der Waals surface area contributed by atoms with Crippen LogP contribution in [0.2, 0.25) is 0 Å². The molecule has 2 atom stereocenters. The molecule has 1 aliphatic rings. The van der Waals surface area contributed by atoms with Crippen molar-refractivity contribution in [2.45, 2.75) is 25.0 Å². The quantitative estimate of drug-likeness (QED) is 0.888. The number of rotatable bonds is 4. The molecular weight excluding hydrogens is 274 g/mol. The summed E-state index contributed by atoms with van der Waals surface area (Å²) in [6.45, 7) is 3.57. The van der Waals surface area contributed by atoms with Gasteiger partial charge in [-0.05, 0) is 35.0 Å². The van der Waals surface area contributed by atoms with E-state index in [1.807, 2.05) is 19.1 Å². The molecule has 2 N–H and O–H groups in total. The van der Waals surface area contributed by atoms with Gasteiger partial charge in [0.15, 0.2) is 4.67 Å². The number of hydrogen-bond acceptors (Lipinski definition) is 4. The summed E-state index contributed by atoms with van der Waals surface area (Å²) in [7, 11) is 0. The minimum Gasteiger partial charge on any atom is -0.453 e. The molecule has 0 bridgehead atoms. The molecule has 16 heavy (non-hydrogen) atoms. The Morgan fingerprint density at radius 2 is 2.44 bits per heavy atom. The molecular formula is C11H16BrNO3. The molecule has 4 nitrogen and oxygen atoms in total. The summed E-state index contributed by atoms with van der Waals surface area (Å²) in [6, 6.07) is 3.86. The number of furan rings is 1. The highest BCUT2D eigenvalue weighted by molar-refractivity contribution is 9.10. The summed E-state index contributed by atoms with van der Waals surface area (Å²) < 4.78 is 11.3. The lowest BCUT2D eigenvalue weighted by atomic mass is 10.0. The van der Waals surface area contributed by atoms with Crippen LogP contribution in [0.25, 0.3) is 0 Å². The van der Waals surface area contributed by atoms with Crippen LogP contribution >= 0.6 is 15.9 Å². The van der Waals surface area contributed by atoms with Crippen LogP contribution in [-0.2, 0) is 4.74 Å². The molecule has 0 amide bonds. The maximum atomic E-state index is 10.1. The fourth-order valence-electron chi connectivity index (χ4n) is 1.74. The van der Waals surface area contributed by atoms with Crippen molar-refractivity contribution in [3.05, 3.63) is 22.6 Å². The van der Waals surface area contributed by atoms with Gasteiger partial charge in [-0.3, -0.25) is 0 Å². The van der Waals surface area contributed by atoms with E-state index in [0.29, 0.717) is 26.2 Å². The third kappa shape index (κ3) is 2.85. The molecule has 90 valence electrons. The lowest BCUT2D eigenvalue weighted by Gasteiger charge is -2.22. The van der Waals surface area contributed by atoms with Crippen molar-refractivity contribution in [3.8, 4) is 0 Å². The zero-order valence-corrected chi connectivity index (χ0v) is 10.8. The fourth-order valence-corrected chi connectivity index (χ4v) is 2.06. The lowest BCUT2D eigenvalue weighted by molar-refractivity contribution is 0.0247. The molecule has 1 aromatic rings. The molecule has 1 aliphatic heterocycles. The topological polar surface area (TPSA) is 54.6 Å². The number of halogens is 1. The van der Waals surface area contributed by atoms with Crippen LogP contribution in [0.5, 0.6) is 0 Å². The van der Waals surface area contributed by atoms with Gasteiger partial charge in [0.25, 0.3) is 0 Å². The van der Waals surface area contributed by atoms with Crippen LogP contribution in [0.3, 0.4) is 0 Å². The molecule has 0 radical (unpaired) electrons. The van der Waals surface area contributed by atoms with Crippen molar-refractivity contribution in [3.63, 3.8) is 0 Å². The SMILES string of the molecule is CC(NCC1(O)CCOC1)c1ccc(Br)o1. The molecule has 1 fully saturated rings. The van der Waals surface area contributed by atoms with Gasteiger partial charge in [0.1, 0.15) is 11.4 Å². The zero-order chi connectivity index (χ0) is 11.6. The molecule has 5 heteroatoms. The minimum absolute atomic E-state index is 0.0796. The second-order valence-electron chi connectivity index (χ2n) is 4.27. The normalized spacial score (nSPS) is 27.2. The van der Waals surface area contributed by atoms with E-state index in [2.05, 4.69) is 21.2 Å². The lowest BCUT2D eigenvalue weighted by Crippen LogP contribution is -2.41. The van der Waals surface area contributed by atoms with E-state index >= 15 is 0 Å². The Morgan fingerprint density at radius 1 is 1.62 bits per heavy atom. The summed E-state index contributed by atoms with van der Waals surface area (Å²) in [5, 5.41) is 13.3. The van der Waals surface area contributed by atoms with E-state index in [0.717, 1.165) is 10.4 Å². The van der Waals surface area contributed by atoms with Crippen LogP contribution < -0.4 is 5.32 Å². The Kier molecular flexibility index (Phi) is 3.69. The zero-order valence-electron chi connectivity index (χ0n) is 9.20. The average molecular weight is 290 g/mol. The standard InChI is InChI=1S/C11H16BrNO3/c1-8(9-2-3-10(12)16-9)13-6-11(14)4-5-15-7-11/h2-3,8,13-14H,4-7H2,1H3. The van der Waals surface area contributed by atoms with E-state index in [1.54, 1.807) is 0 Å². The Balaban J connectivity index is 1.86. The van der Waals surface area contributed by atoms with Gasteiger partial charge in [-0.2, -0.15) is 0 Å². The van der Waals surface area contributed by atoms with E-state index in [-0.39, 0.29) is 6.04 Å². The third-order valence-electron chi connectivity index (χ3n) is 2.84. The minimum atomic E-state index is -0.724. The van der Waals surface area contributed by atoms with Gasteiger partial charge in [-0.1, -0.05) is 0 Å². The number of aliphatic hydroxyl groups is 1. The summed E-state index contributed by atoms with van der Waals surface area (Å²) in [5.41, 5.74) is -0.724. The van der Waals surface area contributed by atoms with Crippen molar-refractivity contribution in [2.24, 2.45) is 0 Å². The van der Waals surface area contributed by atoms with E-state index < -0.39 is 5.60 Å². The summed E-state index contributed by atoms with van der Waals surface area (Å²) in [5.74, 6) is 0.856. The summed E-state index contributed by atoms with van der Waals surface area (Å²) in [4.78, 5) is 0. The Hall–Kier alpha value is -0.360. The van der Waals surface area contributed by atoms with E-state index in [1.165, 1.54) is 0 Å². The third-order valence-corrected chi connectivity index (χ3v) is 3.27. The first-order valence-electron chi connectivity index (χ1n) is 5.38. The highest BCUT2D eigenvalue weighted by Gasteiger charge is 2.32. The smallest absolute Gasteiger partial charge is 0.169 e. The van der Waals surface area contributed by atoms with Crippen molar-refractivity contribution in [1.29, 1.82) is 0 Å². The highest BCUT2D eigenvalue weighted by Crippen LogP contribution is 2.22. The van der Waals surface area contributed by atoms with Crippen LogP contribution in [0, 0.1) is 0 Å². The van der Waals surface area contributed by atoms with E-state index in [9.17, 15) is 5.11 Å². The molecule has 2 rings (SSSR count). The number of ether oxygens (including phenoxy) is 1. The van der Waals surface area contributed by atoms with Crippen molar-refractivity contribution in [1.82, 2.24) is 5.32 Å². The molecule has 2 unspecified atom stereocenters. The summed E-state index contributed by atoms with van der Waals surface area (Å²) in [6.07, 6.45) is 0.689.